The molecule has 6 heteroatoms. The second kappa shape index (κ2) is 10.1. The Morgan fingerprint density at radius 3 is 2.56 bits per heavy atom. The fourth-order valence-electron chi connectivity index (χ4n) is 3.75. The highest BCUT2D eigenvalue weighted by atomic mass is 16.5. The smallest absolute Gasteiger partial charge is 0.338 e. The topological polar surface area (TPSA) is 80.9 Å². The number of hydrogen-bond donors (Lipinski definition) is 1. The van der Waals surface area contributed by atoms with Gasteiger partial charge in [0.05, 0.1) is 17.5 Å². The number of carbonyl (C=O) groups excluding carboxylic acids is 2. The van der Waals surface area contributed by atoms with Crippen LogP contribution in [0.3, 0.4) is 0 Å². The minimum Gasteiger partial charge on any atom is -0.459 e. The lowest BCUT2D eigenvalue weighted by molar-refractivity contribution is -0.114. The number of furan rings is 1. The number of carbonyl (C=O) groups is 2. The van der Waals surface area contributed by atoms with Crippen molar-refractivity contribution in [1.29, 1.82) is 0 Å². The first-order valence-electron chi connectivity index (χ1n) is 10.9. The summed E-state index contributed by atoms with van der Waals surface area (Å²) in [6.45, 7) is 1.47. The van der Waals surface area contributed by atoms with Gasteiger partial charge in [0.25, 0.3) is 0 Å². The molecule has 1 saturated carbocycles. The molecular formula is C26H26N2O4. The Balaban J connectivity index is 1.41. The Kier molecular flexibility index (Phi) is 6.80. The molecule has 0 spiro atoms. The maximum Gasteiger partial charge on any atom is 0.338 e. The Labute approximate surface area is 187 Å². The predicted molar refractivity (Wildman–Crippen MR) is 124 cm³/mol. The molecular weight excluding hydrogens is 404 g/mol. The summed E-state index contributed by atoms with van der Waals surface area (Å²) in [5, 5.41) is 2.72. The molecule has 3 aromatic rings. The highest BCUT2D eigenvalue weighted by Crippen LogP contribution is 2.25. The third-order valence-corrected chi connectivity index (χ3v) is 5.36. The summed E-state index contributed by atoms with van der Waals surface area (Å²) >= 11 is 0. The Morgan fingerprint density at radius 1 is 1.03 bits per heavy atom. The average Bonchev–Trinajstić information content (AvgIpc) is 3.28. The number of ether oxygens (including phenoxy) is 1. The van der Waals surface area contributed by atoms with Crippen molar-refractivity contribution in [3.05, 3.63) is 72.0 Å². The van der Waals surface area contributed by atoms with Crippen LogP contribution in [0.4, 0.5) is 11.4 Å². The Bertz CT molecular complexity index is 1110. The SMILES string of the molecule is CC(=O)Nc1ccc(N=Cc2ccc(-c3cccc(C(=O)OC4CCCCC4)c3)o2)cc1. The minimum absolute atomic E-state index is 0.0265. The van der Waals surface area contributed by atoms with Crippen LogP contribution in [-0.2, 0) is 9.53 Å². The van der Waals surface area contributed by atoms with Gasteiger partial charge < -0.3 is 14.5 Å². The van der Waals surface area contributed by atoms with Gasteiger partial charge in [-0.1, -0.05) is 18.6 Å². The third-order valence-electron chi connectivity index (χ3n) is 5.36. The molecule has 1 amide bonds. The van der Waals surface area contributed by atoms with Gasteiger partial charge in [0, 0.05) is 18.2 Å². The van der Waals surface area contributed by atoms with E-state index in [-0.39, 0.29) is 18.0 Å². The number of benzene rings is 2. The average molecular weight is 431 g/mol. The number of aliphatic imine (C=N–C) groups is 1. The summed E-state index contributed by atoms with van der Waals surface area (Å²) in [6.07, 6.45) is 7.01. The van der Waals surface area contributed by atoms with E-state index in [4.69, 9.17) is 9.15 Å². The van der Waals surface area contributed by atoms with Gasteiger partial charge in [-0.2, -0.15) is 0 Å². The summed E-state index contributed by atoms with van der Waals surface area (Å²) in [4.78, 5) is 28.1. The number of nitrogens with zero attached hydrogens (tertiary/aromatic N) is 1. The maximum absolute atomic E-state index is 12.5. The van der Waals surface area contributed by atoms with Gasteiger partial charge in [-0.25, -0.2) is 4.79 Å². The molecule has 0 saturated heterocycles. The fourth-order valence-corrected chi connectivity index (χ4v) is 3.75. The van der Waals surface area contributed by atoms with Gasteiger partial charge in [0.2, 0.25) is 5.91 Å². The van der Waals surface area contributed by atoms with Gasteiger partial charge in [-0.15, -0.1) is 0 Å². The van der Waals surface area contributed by atoms with Gasteiger partial charge in [-0.05, 0) is 74.2 Å². The van der Waals surface area contributed by atoms with Crippen LogP contribution in [0, 0.1) is 0 Å². The standard InChI is InChI=1S/C26H26N2O4/c1-18(29)28-22-12-10-21(11-13-22)27-17-24-14-15-25(31-24)19-6-5-7-20(16-19)26(30)32-23-8-3-2-4-9-23/h5-7,10-17,23H,2-4,8-9H2,1H3,(H,28,29). The van der Waals surface area contributed by atoms with Crippen LogP contribution in [0.25, 0.3) is 11.3 Å². The predicted octanol–water partition coefficient (Wildman–Crippen LogP) is 6.15. The molecule has 2 aromatic carbocycles. The lowest BCUT2D eigenvalue weighted by Crippen LogP contribution is -2.20. The van der Waals surface area contributed by atoms with Gasteiger partial charge >= 0.3 is 5.97 Å². The molecule has 32 heavy (non-hydrogen) atoms. The lowest BCUT2D eigenvalue weighted by Gasteiger charge is -2.21. The summed E-state index contributed by atoms with van der Waals surface area (Å²) in [5.41, 5.74) is 2.80. The number of hydrogen-bond acceptors (Lipinski definition) is 5. The molecule has 1 aliphatic rings. The van der Waals surface area contributed by atoms with E-state index in [1.54, 1.807) is 30.5 Å². The molecule has 1 fully saturated rings. The number of esters is 1. The molecule has 4 rings (SSSR count). The van der Waals surface area contributed by atoms with E-state index >= 15 is 0 Å². The molecule has 1 N–H and O–H groups in total. The van der Waals surface area contributed by atoms with E-state index in [0.29, 0.717) is 17.1 Å². The van der Waals surface area contributed by atoms with Crippen molar-refractivity contribution in [1.82, 2.24) is 0 Å². The second-order valence-corrected chi connectivity index (χ2v) is 7.93. The van der Waals surface area contributed by atoms with Crippen molar-refractivity contribution in [2.75, 3.05) is 5.32 Å². The molecule has 0 unspecified atom stereocenters. The van der Waals surface area contributed by atoms with Gasteiger partial charge in [-0.3, -0.25) is 9.79 Å². The fraction of sp³-hybridized carbons (Fsp3) is 0.269. The van der Waals surface area contributed by atoms with Crippen LogP contribution < -0.4 is 5.32 Å². The van der Waals surface area contributed by atoms with E-state index in [1.807, 2.05) is 36.4 Å². The zero-order chi connectivity index (χ0) is 22.3. The zero-order valence-corrected chi connectivity index (χ0v) is 18.0. The maximum atomic E-state index is 12.5. The zero-order valence-electron chi connectivity index (χ0n) is 18.0. The van der Waals surface area contributed by atoms with Crippen LogP contribution in [0.2, 0.25) is 0 Å². The van der Waals surface area contributed by atoms with E-state index in [9.17, 15) is 9.59 Å². The number of rotatable bonds is 6. The van der Waals surface area contributed by atoms with Crippen molar-refractivity contribution in [3.63, 3.8) is 0 Å². The van der Waals surface area contributed by atoms with Crippen LogP contribution >= 0.6 is 0 Å². The number of nitrogens with one attached hydrogen (secondary N) is 1. The number of amides is 1. The second-order valence-electron chi connectivity index (χ2n) is 7.93. The Morgan fingerprint density at radius 2 is 1.81 bits per heavy atom. The normalized spacial score (nSPS) is 14.4. The summed E-state index contributed by atoms with van der Waals surface area (Å²) < 4.78 is 11.6. The van der Waals surface area contributed by atoms with E-state index < -0.39 is 0 Å². The van der Waals surface area contributed by atoms with E-state index in [2.05, 4.69) is 10.3 Å². The molecule has 1 heterocycles. The molecule has 6 nitrogen and oxygen atoms in total. The van der Waals surface area contributed by atoms with Crippen LogP contribution in [0.5, 0.6) is 0 Å². The largest absolute Gasteiger partial charge is 0.459 e. The summed E-state index contributed by atoms with van der Waals surface area (Å²) in [5.74, 6) is 0.853. The van der Waals surface area contributed by atoms with E-state index in [0.717, 1.165) is 42.6 Å². The van der Waals surface area contributed by atoms with Crippen molar-refractivity contribution >= 4 is 29.5 Å². The molecule has 0 atom stereocenters. The minimum atomic E-state index is -0.283. The Hall–Kier alpha value is -3.67. The van der Waals surface area contributed by atoms with Crippen molar-refractivity contribution < 1.29 is 18.7 Å². The molecule has 0 aliphatic heterocycles. The number of anilines is 1. The van der Waals surface area contributed by atoms with E-state index in [1.165, 1.54) is 13.3 Å². The first-order valence-corrected chi connectivity index (χ1v) is 10.9. The molecule has 1 aliphatic carbocycles. The van der Waals surface area contributed by atoms with Crippen LogP contribution in [0.15, 0.2) is 70.1 Å². The van der Waals surface area contributed by atoms with Gasteiger partial charge in [0.1, 0.15) is 17.6 Å². The molecule has 0 radical (unpaired) electrons. The van der Waals surface area contributed by atoms with Crippen molar-refractivity contribution in [3.8, 4) is 11.3 Å². The summed E-state index contributed by atoms with van der Waals surface area (Å²) in [6, 6.07) is 18.2. The summed E-state index contributed by atoms with van der Waals surface area (Å²) in [7, 11) is 0. The highest BCUT2D eigenvalue weighted by Gasteiger charge is 2.19. The van der Waals surface area contributed by atoms with Crippen LogP contribution in [0.1, 0.15) is 55.1 Å². The van der Waals surface area contributed by atoms with Gasteiger partial charge in [0.15, 0.2) is 0 Å². The van der Waals surface area contributed by atoms with Crippen molar-refractivity contribution in [2.24, 2.45) is 4.99 Å². The van der Waals surface area contributed by atoms with Crippen LogP contribution in [-0.4, -0.2) is 24.2 Å². The highest BCUT2D eigenvalue weighted by molar-refractivity contribution is 5.91. The molecule has 164 valence electrons. The van der Waals surface area contributed by atoms with Crippen molar-refractivity contribution in [2.45, 2.75) is 45.1 Å². The first kappa shape index (κ1) is 21.6. The first-order chi connectivity index (χ1) is 15.6. The third kappa shape index (κ3) is 5.72. The quantitative estimate of drug-likeness (QED) is 0.376. The molecule has 1 aromatic heterocycles. The lowest BCUT2D eigenvalue weighted by atomic mass is 9.98. The monoisotopic (exact) mass is 430 g/mol. The molecule has 0 bridgehead atoms.